The molecule has 1 aromatic carbocycles. The van der Waals surface area contributed by atoms with Gasteiger partial charge in [-0.1, -0.05) is 29.3 Å². The van der Waals surface area contributed by atoms with E-state index in [1.54, 1.807) is 18.2 Å². The van der Waals surface area contributed by atoms with E-state index in [0.29, 0.717) is 35.2 Å². The van der Waals surface area contributed by atoms with Crippen molar-refractivity contribution in [3.8, 4) is 0 Å². The molecule has 0 bridgehead atoms. The van der Waals surface area contributed by atoms with E-state index in [1.807, 2.05) is 0 Å². The van der Waals surface area contributed by atoms with Gasteiger partial charge in [-0.3, -0.25) is 4.79 Å². The Balaban J connectivity index is 2.26. The van der Waals surface area contributed by atoms with E-state index in [2.05, 4.69) is 15.4 Å². The third-order valence-electron chi connectivity index (χ3n) is 2.41. The lowest BCUT2D eigenvalue weighted by atomic mass is 10.3. The Morgan fingerprint density at radius 3 is 2.38 bits per heavy atom. The monoisotopic (exact) mass is 353 g/mol. The third kappa shape index (κ3) is 7.63. The number of para-hydroxylation sites is 1. The van der Waals surface area contributed by atoms with E-state index < -0.39 is 10.0 Å². The van der Waals surface area contributed by atoms with E-state index >= 15 is 0 Å². The van der Waals surface area contributed by atoms with Gasteiger partial charge in [-0.05, 0) is 25.1 Å². The minimum atomic E-state index is -3.16. The van der Waals surface area contributed by atoms with E-state index in [-0.39, 0.29) is 12.5 Å². The number of carbonyl (C=O) groups is 1. The SMILES string of the molecule is CS(=O)(=O)NCCCNCC(=O)Nc1c(Cl)cccc1Cl. The first-order chi connectivity index (χ1) is 9.79. The standard InChI is InChI=1S/C12H17Cl2N3O3S/c1-21(19,20)16-7-3-6-15-8-11(18)17-12-9(13)4-2-5-10(12)14/h2,4-5,15-16H,3,6-8H2,1H3,(H,17,18). The molecule has 0 aliphatic rings. The summed E-state index contributed by atoms with van der Waals surface area (Å²) < 4.78 is 24.0. The maximum atomic E-state index is 11.7. The van der Waals surface area contributed by atoms with E-state index in [9.17, 15) is 13.2 Å². The quantitative estimate of drug-likeness (QED) is 0.617. The zero-order valence-electron chi connectivity index (χ0n) is 11.4. The summed E-state index contributed by atoms with van der Waals surface area (Å²) in [6.45, 7) is 0.913. The van der Waals surface area contributed by atoms with Crippen molar-refractivity contribution in [2.24, 2.45) is 0 Å². The summed E-state index contributed by atoms with van der Waals surface area (Å²) in [5.74, 6) is -0.277. The van der Waals surface area contributed by atoms with Gasteiger partial charge in [0.25, 0.3) is 0 Å². The van der Waals surface area contributed by atoms with Crippen molar-refractivity contribution in [2.75, 3.05) is 31.2 Å². The van der Waals surface area contributed by atoms with Gasteiger partial charge < -0.3 is 10.6 Å². The highest BCUT2D eigenvalue weighted by molar-refractivity contribution is 7.88. The van der Waals surface area contributed by atoms with Crippen LogP contribution in [0.15, 0.2) is 18.2 Å². The van der Waals surface area contributed by atoms with Crippen LogP contribution in [0.2, 0.25) is 10.0 Å². The van der Waals surface area contributed by atoms with Gasteiger partial charge in [0.15, 0.2) is 0 Å². The molecule has 0 heterocycles. The molecule has 0 radical (unpaired) electrons. The van der Waals surface area contributed by atoms with Gasteiger partial charge in [0, 0.05) is 6.54 Å². The molecule has 6 nitrogen and oxygen atoms in total. The zero-order valence-corrected chi connectivity index (χ0v) is 13.8. The van der Waals surface area contributed by atoms with Crippen LogP contribution in [0.25, 0.3) is 0 Å². The van der Waals surface area contributed by atoms with Crippen LogP contribution < -0.4 is 15.4 Å². The van der Waals surface area contributed by atoms with Crippen molar-refractivity contribution in [3.63, 3.8) is 0 Å². The van der Waals surface area contributed by atoms with Crippen molar-refractivity contribution in [3.05, 3.63) is 28.2 Å². The molecule has 1 aromatic rings. The van der Waals surface area contributed by atoms with E-state index in [0.717, 1.165) is 6.26 Å². The second kappa shape index (κ2) is 8.55. The normalized spacial score (nSPS) is 11.4. The summed E-state index contributed by atoms with van der Waals surface area (Å²) in [4.78, 5) is 11.7. The van der Waals surface area contributed by atoms with E-state index in [4.69, 9.17) is 23.2 Å². The lowest BCUT2D eigenvalue weighted by molar-refractivity contribution is -0.115. The second-order valence-corrected chi connectivity index (χ2v) is 6.99. The third-order valence-corrected chi connectivity index (χ3v) is 3.77. The van der Waals surface area contributed by atoms with Crippen LogP contribution in [-0.2, 0) is 14.8 Å². The molecule has 3 N–H and O–H groups in total. The Morgan fingerprint density at radius 1 is 1.19 bits per heavy atom. The van der Waals surface area contributed by atoms with Crippen LogP contribution in [-0.4, -0.2) is 40.2 Å². The number of hydrogen-bond acceptors (Lipinski definition) is 4. The van der Waals surface area contributed by atoms with Crippen LogP contribution in [0.3, 0.4) is 0 Å². The van der Waals surface area contributed by atoms with Gasteiger partial charge in [-0.2, -0.15) is 0 Å². The first kappa shape index (κ1) is 18.2. The Hall–Kier alpha value is -0.860. The molecule has 0 saturated heterocycles. The molecule has 1 amide bonds. The summed E-state index contributed by atoms with van der Waals surface area (Å²) in [6.07, 6.45) is 1.68. The highest BCUT2D eigenvalue weighted by atomic mass is 35.5. The highest BCUT2D eigenvalue weighted by Crippen LogP contribution is 2.29. The minimum Gasteiger partial charge on any atom is -0.322 e. The zero-order chi connectivity index (χ0) is 15.9. The molecule has 0 spiro atoms. The number of halogens is 2. The molecule has 0 aliphatic heterocycles. The molecule has 1 rings (SSSR count). The number of rotatable bonds is 8. The number of hydrogen-bond donors (Lipinski definition) is 3. The number of amides is 1. The first-order valence-electron chi connectivity index (χ1n) is 6.19. The van der Waals surface area contributed by atoms with Crippen LogP contribution in [0.5, 0.6) is 0 Å². The lowest BCUT2D eigenvalue weighted by Crippen LogP contribution is -2.31. The average Bonchev–Trinajstić information content (AvgIpc) is 2.37. The second-order valence-electron chi connectivity index (χ2n) is 4.34. The predicted octanol–water partition coefficient (Wildman–Crippen LogP) is 1.46. The van der Waals surface area contributed by atoms with Crippen LogP contribution in [0, 0.1) is 0 Å². The molecular weight excluding hydrogens is 337 g/mol. The molecule has 118 valence electrons. The molecular formula is C12H17Cl2N3O3S. The predicted molar refractivity (Wildman–Crippen MR) is 85.4 cm³/mol. The van der Waals surface area contributed by atoms with Gasteiger partial charge in [0.05, 0.1) is 28.5 Å². The number of nitrogens with one attached hydrogen (secondary N) is 3. The molecule has 0 atom stereocenters. The van der Waals surface area contributed by atoms with Gasteiger partial charge in [0.2, 0.25) is 15.9 Å². The Morgan fingerprint density at radius 2 is 1.81 bits per heavy atom. The van der Waals surface area contributed by atoms with Gasteiger partial charge >= 0.3 is 0 Å². The maximum absolute atomic E-state index is 11.7. The largest absolute Gasteiger partial charge is 0.322 e. The van der Waals surface area contributed by atoms with E-state index in [1.165, 1.54) is 0 Å². The number of benzene rings is 1. The van der Waals surface area contributed by atoms with Crippen LogP contribution >= 0.6 is 23.2 Å². The van der Waals surface area contributed by atoms with Gasteiger partial charge in [-0.25, -0.2) is 13.1 Å². The summed E-state index contributed by atoms with van der Waals surface area (Å²) in [6, 6.07) is 4.95. The van der Waals surface area contributed by atoms with Crippen LogP contribution in [0.4, 0.5) is 5.69 Å². The molecule has 21 heavy (non-hydrogen) atoms. The molecule has 0 unspecified atom stereocenters. The summed E-state index contributed by atoms with van der Waals surface area (Å²) >= 11 is 11.9. The Kier molecular flexibility index (Phi) is 7.41. The Bertz CT molecular complexity index is 573. The Labute approximate surface area is 134 Å². The fraction of sp³-hybridized carbons (Fsp3) is 0.417. The molecule has 0 fully saturated rings. The van der Waals surface area contributed by atoms with Crippen molar-refractivity contribution in [2.45, 2.75) is 6.42 Å². The topological polar surface area (TPSA) is 87.3 Å². The number of carbonyl (C=O) groups excluding carboxylic acids is 1. The highest BCUT2D eigenvalue weighted by Gasteiger charge is 2.09. The van der Waals surface area contributed by atoms with Crippen molar-refractivity contribution in [1.29, 1.82) is 0 Å². The van der Waals surface area contributed by atoms with Crippen molar-refractivity contribution in [1.82, 2.24) is 10.0 Å². The van der Waals surface area contributed by atoms with Crippen molar-refractivity contribution < 1.29 is 13.2 Å². The number of sulfonamides is 1. The summed E-state index contributed by atoms with van der Waals surface area (Å²) in [5, 5.41) is 6.25. The maximum Gasteiger partial charge on any atom is 0.238 e. The number of anilines is 1. The van der Waals surface area contributed by atoms with Gasteiger partial charge in [-0.15, -0.1) is 0 Å². The summed E-state index contributed by atoms with van der Waals surface area (Å²) in [5.41, 5.74) is 0.381. The fourth-order valence-corrected chi connectivity index (χ4v) is 2.48. The summed E-state index contributed by atoms with van der Waals surface area (Å²) in [7, 11) is -3.16. The molecule has 0 aliphatic carbocycles. The fourth-order valence-electron chi connectivity index (χ4n) is 1.47. The minimum absolute atomic E-state index is 0.0838. The average molecular weight is 354 g/mol. The van der Waals surface area contributed by atoms with Crippen molar-refractivity contribution >= 4 is 44.8 Å². The van der Waals surface area contributed by atoms with Gasteiger partial charge in [0.1, 0.15) is 0 Å². The molecule has 9 heteroatoms. The smallest absolute Gasteiger partial charge is 0.238 e. The first-order valence-corrected chi connectivity index (χ1v) is 8.83. The molecule has 0 saturated carbocycles. The van der Waals surface area contributed by atoms with Crippen LogP contribution in [0.1, 0.15) is 6.42 Å². The molecule has 0 aromatic heterocycles. The lowest BCUT2D eigenvalue weighted by Gasteiger charge is -2.09.